The maximum absolute atomic E-state index is 13.6. The fraction of sp³-hybridized carbons (Fsp3) is 0.0625. The Morgan fingerprint density at radius 2 is 1.86 bits per heavy atom. The van der Waals surface area contributed by atoms with Crippen molar-refractivity contribution in [1.82, 2.24) is 4.98 Å². The van der Waals surface area contributed by atoms with E-state index in [0.29, 0.717) is 0 Å². The third kappa shape index (κ3) is 2.00. The lowest BCUT2D eigenvalue weighted by molar-refractivity contribution is -0.616. The zero-order chi connectivity index (χ0) is 13.9. The van der Waals surface area contributed by atoms with Crippen molar-refractivity contribution in [2.75, 3.05) is 0 Å². The molecule has 0 bridgehead atoms. The van der Waals surface area contributed by atoms with Crippen molar-refractivity contribution in [3.8, 4) is 0 Å². The van der Waals surface area contributed by atoms with Gasteiger partial charge in [-0.25, -0.2) is 4.39 Å². The van der Waals surface area contributed by atoms with Gasteiger partial charge >= 0.3 is 0 Å². The van der Waals surface area contributed by atoms with E-state index in [4.69, 9.17) is 0 Å². The van der Waals surface area contributed by atoms with Crippen molar-refractivity contribution < 1.29 is 8.96 Å². The number of para-hydroxylation sites is 1. The third-order valence-electron chi connectivity index (χ3n) is 3.79. The fourth-order valence-corrected chi connectivity index (χ4v) is 3.71. The lowest BCUT2D eigenvalue weighted by Crippen LogP contribution is -2.30. The second-order valence-corrected chi connectivity index (χ2v) is 6.01. The number of pyridine rings is 1. The smallest absolute Gasteiger partial charge is 0.239 e. The number of rotatable bonds is 0. The average molecular weight is 414 g/mol. The highest BCUT2D eigenvalue weighted by Gasteiger charge is 2.21. The van der Waals surface area contributed by atoms with Gasteiger partial charge in [-0.3, -0.25) is 0 Å². The molecule has 106 valence electrons. The van der Waals surface area contributed by atoms with Crippen molar-refractivity contribution in [3.63, 3.8) is 0 Å². The Morgan fingerprint density at radius 3 is 2.67 bits per heavy atom. The van der Waals surface area contributed by atoms with Gasteiger partial charge in [-0.1, -0.05) is 12.1 Å². The molecule has 4 aromatic rings. The quantitative estimate of drug-likeness (QED) is 0.324. The number of fused-ring (bicyclic) bond motifs is 4. The summed E-state index contributed by atoms with van der Waals surface area (Å²) in [5.74, 6) is -0.207. The first kappa shape index (κ1) is 14.5. The number of nitrogens with zero attached hydrogens (tertiary/aromatic N) is 1. The van der Waals surface area contributed by atoms with E-state index in [0.717, 1.165) is 27.5 Å². The van der Waals surface area contributed by atoms with E-state index in [-0.39, 0.29) is 18.2 Å². The number of hydrogen-bond donors (Lipinski definition) is 1. The van der Waals surface area contributed by atoms with E-state index in [2.05, 4.69) is 44.3 Å². The Labute approximate surface area is 140 Å². The molecular formula is C16H12ClFIN2+. The highest BCUT2D eigenvalue weighted by atomic mass is 127. The maximum atomic E-state index is 13.6. The molecule has 2 heterocycles. The van der Waals surface area contributed by atoms with Crippen molar-refractivity contribution in [1.29, 1.82) is 0 Å². The molecule has 0 fully saturated rings. The van der Waals surface area contributed by atoms with E-state index >= 15 is 0 Å². The monoisotopic (exact) mass is 413 g/mol. The molecule has 4 rings (SSSR count). The molecule has 0 amide bonds. The highest BCUT2D eigenvalue weighted by molar-refractivity contribution is 14.1. The van der Waals surface area contributed by atoms with Crippen LogP contribution in [0.1, 0.15) is 0 Å². The number of aryl methyl sites for hydroxylation is 1. The van der Waals surface area contributed by atoms with Crippen molar-refractivity contribution in [2.24, 2.45) is 7.05 Å². The van der Waals surface area contributed by atoms with Crippen LogP contribution in [0.25, 0.3) is 32.8 Å². The van der Waals surface area contributed by atoms with Crippen LogP contribution in [0.2, 0.25) is 0 Å². The maximum Gasteiger partial charge on any atom is 0.239 e. The largest absolute Gasteiger partial charge is 0.348 e. The first-order valence-corrected chi connectivity index (χ1v) is 7.42. The van der Waals surface area contributed by atoms with E-state index in [1.54, 1.807) is 12.1 Å². The van der Waals surface area contributed by atoms with Gasteiger partial charge in [-0.05, 0) is 46.9 Å². The summed E-state index contributed by atoms with van der Waals surface area (Å²) in [5.41, 5.74) is 4.22. The summed E-state index contributed by atoms with van der Waals surface area (Å²) in [6.07, 6.45) is 0. The number of nitrogens with one attached hydrogen (secondary N) is 1. The summed E-state index contributed by atoms with van der Waals surface area (Å²) < 4.78 is 16.9. The van der Waals surface area contributed by atoms with Gasteiger partial charge in [0.2, 0.25) is 11.0 Å². The van der Waals surface area contributed by atoms with Gasteiger partial charge in [0, 0.05) is 6.07 Å². The Kier molecular flexibility index (Phi) is 3.53. The standard InChI is InChI=1S/C16H10FIN2.ClH/c1-20-13-5-3-2-4-10(13)14(18)15-16(20)11-8-9(17)6-7-12(11)19-15;/h2-8H,1H3;1H/p+1. The van der Waals surface area contributed by atoms with Gasteiger partial charge in [0.05, 0.1) is 19.9 Å². The van der Waals surface area contributed by atoms with E-state index < -0.39 is 0 Å². The molecule has 0 aliphatic rings. The first-order chi connectivity index (χ1) is 9.66. The van der Waals surface area contributed by atoms with Gasteiger partial charge in [-0.15, -0.1) is 12.4 Å². The van der Waals surface area contributed by atoms with Crippen LogP contribution in [0.4, 0.5) is 4.39 Å². The van der Waals surface area contributed by atoms with E-state index in [1.807, 2.05) is 19.2 Å². The first-order valence-electron chi connectivity index (χ1n) is 6.34. The van der Waals surface area contributed by atoms with Crippen molar-refractivity contribution >= 4 is 67.8 Å². The molecule has 0 atom stereocenters. The van der Waals surface area contributed by atoms with Crippen LogP contribution in [-0.2, 0) is 7.05 Å². The van der Waals surface area contributed by atoms with Crippen LogP contribution in [-0.4, -0.2) is 4.98 Å². The Hall–Kier alpha value is -1.40. The Bertz CT molecular complexity index is 994. The van der Waals surface area contributed by atoms with Crippen molar-refractivity contribution in [2.45, 2.75) is 0 Å². The summed E-state index contributed by atoms with van der Waals surface area (Å²) in [4.78, 5) is 3.41. The lowest BCUT2D eigenvalue weighted by Gasteiger charge is -2.01. The molecule has 0 saturated carbocycles. The van der Waals surface area contributed by atoms with Gasteiger partial charge < -0.3 is 4.98 Å². The Balaban J connectivity index is 0.00000132. The number of aromatic amines is 1. The third-order valence-corrected chi connectivity index (χ3v) is 4.91. The fourth-order valence-electron chi connectivity index (χ4n) is 2.86. The minimum absolute atomic E-state index is 0. The van der Waals surface area contributed by atoms with Crippen LogP contribution in [0.5, 0.6) is 0 Å². The molecule has 0 spiro atoms. The summed E-state index contributed by atoms with van der Waals surface area (Å²) in [6, 6.07) is 13.2. The zero-order valence-electron chi connectivity index (χ0n) is 11.2. The number of benzene rings is 2. The van der Waals surface area contributed by atoms with Gasteiger partial charge in [0.15, 0.2) is 0 Å². The summed E-state index contributed by atoms with van der Waals surface area (Å²) >= 11 is 2.36. The molecule has 0 aliphatic carbocycles. The minimum atomic E-state index is -0.207. The molecule has 5 heteroatoms. The number of H-pyrrole nitrogens is 1. The molecule has 21 heavy (non-hydrogen) atoms. The van der Waals surface area contributed by atoms with Crippen molar-refractivity contribution in [3.05, 3.63) is 51.9 Å². The van der Waals surface area contributed by atoms with Crippen LogP contribution >= 0.6 is 35.0 Å². The molecule has 2 aromatic heterocycles. The van der Waals surface area contributed by atoms with Crippen LogP contribution in [0.15, 0.2) is 42.5 Å². The predicted octanol–water partition coefficient (Wildman–Crippen LogP) is 4.46. The Morgan fingerprint density at radius 1 is 1.10 bits per heavy atom. The molecule has 0 unspecified atom stereocenters. The summed E-state index contributed by atoms with van der Waals surface area (Å²) in [5, 5.41) is 2.13. The SMILES string of the molecule is C[n+]1c2ccccc2c(I)c2[nH]c3ccc(F)cc3c21.Cl. The lowest BCUT2D eigenvalue weighted by atomic mass is 10.1. The second kappa shape index (κ2) is 5.10. The topological polar surface area (TPSA) is 19.7 Å². The van der Waals surface area contributed by atoms with Crippen LogP contribution < -0.4 is 4.57 Å². The van der Waals surface area contributed by atoms with E-state index in [9.17, 15) is 4.39 Å². The summed E-state index contributed by atoms with van der Waals surface area (Å²) in [7, 11) is 2.03. The van der Waals surface area contributed by atoms with Crippen LogP contribution in [0, 0.1) is 9.39 Å². The van der Waals surface area contributed by atoms with Gasteiger partial charge in [0.1, 0.15) is 18.4 Å². The zero-order valence-corrected chi connectivity index (χ0v) is 14.1. The summed E-state index contributed by atoms with van der Waals surface area (Å²) in [6.45, 7) is 0. The van der Waals surface area contributed by atoms with Crippen LogP contribution in [0.3, 0.4) is 0 Å². The molecule has 0 saturated heterocycles. The number of hydrogen-bond acceptors (Lipinski definition) is 0. The molecule has 1 N–H and O–H groups in total. The molecule has 0 radical (unpaired) electrons. The van der Waals surface area contributed by atoms with Gasteiger partial charge in [0.25, 0.3) is 0 Å². The highest BCUT2D eigenvalue weighted by Crippen LogP contribution is 2.30. The number of halogens is 3. The second-order valence-electron chi connectivity index (χ2n) is 4.93. The molecule has 0 aliphatic heterocycles. The molecule has 2 aromatic carbocycles. The predicted molar refractivity (Wildman–Crippen MR) is 94.4 cm³/mol. The number of aromatic nitrogens is 2. The molecular weight excluding hydrogens is 402 g/mol. The normalized spacial score (nSPS) is 11.2. The average Bonchev–Trinajstić information content (AvgIpc) is 2.84. The van der Waals surface area contributed by atoms with E-state index in [1.165, 1.54) is 15.0 Å². The minimum Gasteiger partial charge on any atom is -0.348 e. The van der Waals surface area contributed by atoms with Gasteiger partial charge in [-0.2, -0.15) is 4.57 Å². The molecule has 2 nitrogen and oxygen atoms in total.